The van der Waals surface area contributed by atoms with E-state index >= 15 is 0 Å². The van der Waals surface area contributed by atoms with Gasteiger partial charge in [-0.2, -0.15) is 0 Å². The zero-order valence-corrected chi connectivity index (χ0v) is 12.5. The summed E-state index contributed by atoms with van der Waals surface area (Å²) in [4.78, 5) is 4.46. The molecule has 0 radical (unpaired) electrons. The van der Waals surface area contributed by atoms with Gasteiger partial charge in [0.25, 0.3) is 0 Å². The lowest BCUT2D eigenvalue weighted by molar-refractivity contribution is 0.324. The Morgan fingerprint density at radius 3 is 2.00 bits per heavy atom. The summed E-state index contributed by atoms with van der Waals surface area (Å²) in [6, 6.07) is 5.82. The van der Waals surface area contributed by atoms with Crippen LogP contribution >= 0.6 is 0 Å². The van der Waals surface area contributed by atoms with Crippen molar-refractivity contribution in [1.82, 2.24) is 4.98 Å². The van der Waals surface area contributed by atoms with E-state index in [4.69, 9.17) is 14.2 Å². The van der Waals surface area contributed by atoms with Crippen molar-refractivity contribution in [3.05, 3.63) is 35.5 Å². The summed E-state index contributed by atoms with van der Waals surface area (Å²) in [5.74, 6) is 1.85. The maximum atomic E-state index is 5.38. The summed E-state index contributed by atoms with van der Waals surface area (Å²) in [7, 11) is 4.81. The van der Waals surface area contributed by atoms with Gasteiger partial charge in [0.1, 0.15) is 0 Å². The van der Waals surface area contributed by atoms with Crippen molar-refractivity contribution >= 4 is 0 Å². The van der Waals surface area contributed by atoms with E-state index in [1.807, 2.05) is 18.2 Å². The van der Waals surface area contributed by atoms with Gasteiger partial charge in [0.2, 0.25) is 5.75 Å². The Labute approximate surface area is 119 Å². The Morgan fingerprint density at radius 2 is 1.50 bits per heavy atom. The molecule has 0 amide bonds. The molecule has 106 valence electrons. The van der Waals surface area contributed by atoms with Crippen molar-refractivity contribution in [3.63, 3.8) is 0 Å². The maximum Gasteiger partial charge on any atom is 0.203 e. The summed E-state index contributed by atoms with van der Waals surface area (Å²) in [6.45, 7) is 4.12. The number of hydrogen-bond donors (Lipinski definition) is 0. The highest BCUT2D eigenvalue weighted by Gasteiger charge is 2.16. The lowest BCUT2D eigenvalue weighted by Crippen LogP contribution is -1.97. The lowest BCUT2D eigenvalue weighted by atomic mass is 10.0. The van der Waals surface area contributed by atoms with E-state index in [0.717, 1.165) is 16.8 Å². The molecule has 20 heavy (non-hydrogen) atoms. The fourth-order valence-electron chi connectivity index (χ4n) is 2.14. The first kappa shape index (κ1) is 14.2. The fraction of sp³-hybridized carbons (Fsp3) is 0.312. The van der Waals surface area contributed by atoms with Gasteiger partial charge in [0, 0.05) is 11.8 Å². The van der Waals surface area contributed by atoms with Crippen LogP contribution in [0.1, 0.15) is 11.1 Å². The van der Waals surface area contributed by atoms with Crippen molar-refractivity contribution in [2.45, 2.75) is 13.8 Å². The number of methoxy groups -OCH3 is 3. The fourth-order valence-corrected chi connectivity index (χ4v) is 2.14. The summed E-state index contributed by atoms with van der Waals surface area (Å²) < 4.78 is 16.1. The molecular formula is C16H19NO3. The van der Waals surface area contributed by atoms with Gasteiger partial charge in [-0.15, -0.1) is 0 Å². The SMILES string of the molecule is COc1cc(-c2nccc(C)c2C)cc(OC)c1OC. The highest BCUT2D eigenvalue weighted by Crippen LogP contribution is 2.41. The predicted molar refractivity (Wildman–Crippen MR) is 78.8 cm³/mol. The van der Waals surface area contributed by atoms with Crippen molar-refractivity contribution < 1.29 is 14.2 Å². The quantitative estimate of drug-likeness (QED) is 0.856. The zero-order valence-electron chi connectivity index (χ0n) is 12.5. The Kier molecular flexibility index (Phi) is 4.13. The van der Waals surface area contributed by atoms with E-state index in [1.54, 1.807) is 27.5 Å². The molecule has 1 aromatic heterocycles. The Hall–Kier alpha value is -2.23. The summed E-state index contributed by atoms with van der Waals surface area (Å²) in [5, 5.41) is 0. The topological polar surface area (TPSA) is 40.6 Å². The molecule has 2 rings (SSSR count). The molecule has 0 saturated carbocycles. The van der Waals surface area contributed by atoms with Gasteiger partial charge >= 0.3 is 0 Å². The van der Waals surface area contributed by atoms with E-state index < -0.39 is 0 Å². The number of nitrogens with zero attached hydrogens (tertiary/aromatic N) is 1. The van der Waals surface area contributed by atoms with Crippen LogP contribution in [0, 0.1) is 13.8 Å². The standard InChI is InChI=1S/C16H19NO3/c1-10-6-7-17-15(11(10)2)12-8-13(18-3)16(20-5)14(9-12)19-4/h6-9H,1-5H3. The molecular weight excluding hydrogens is 254 g/mol. The van der Waals surface area contributed by atoms with Gasteiger partial charge in [-0.3, -0.25) is 4.98 Å². The second kappa shape index (κ2) is 5.82. The smallest absolute Gasteiger partial charge is 0.203 e. The maximum absolute atomic E-state index is 5.38. The second-order valence-electron chi connectivity index (χ2n) is 4.52. The summed E-state index contributed by atoms with van der Waals surface area (Å²) in [6.07, 6.45) is 1.81. The van der Waals surface area contributed by atoms with Gasteiger partial charge in [0.05, 0.1) is 27.0 Å². The summed E-state index contributed by atoms with van der Waals surface area (Å²) >= 11 is 0. The highest BCUT2D eigenvalue weighted by molar-refractivity contribution is 5.71. The molecule has 0 spiro atoms. The minimum atomic E-state index is 0.587. The van der Waals surface area contributed by atoms with Crippen LogP contribution in [0.15, 0.2) is 24.4 Å². The van der Waals surface area contributed by atoms with E-state index in [0.29, 0.717) is 17.2 Å². The molecule has 0 fully saturated rings. The van der Waals surface area contributed by atoms with Gasteiger partial charge < -0.3 is 14.2 Å². The minimum Gasteiger partial charge on any atom is -0.493 e. The summed E-state index contributed by atoms with van der Waals surface area (Å²) in [5.41, 5.74) is 4.20. The largest absolute Gasteiger partial charge is 0.493 e. The molecule has 1 aromatic carbocycles. The minimum absolute atomic E-state index is 0.587. The number of aryl methyl sites for hydroxylation is 1. The van der Waals surface area contributed by atoms with E-state index in [-0.39, 0.29) is 0 Å². The van der Waals surface area contributed by atoms with Crippen LogP contribution < -0.4 is 14.2 Å². The molecule has 2 aromatic rings. The molecule has 0 unspecified atom stereocenters. The van der Waals surface area contributed by atoms with Crippen molar-refractivity contribution in [1.29, 1.82) is 0 Å². The van der Waals surface area contributed by atoms with Gasteiger partial charge in [-0.25, -0.2) is 0 Å². The number of rotatable bonds is 4. The van der Waals surface area contributed by atoms with Crippen molar-refractivity contribution in [3.8, 4) is 28.5 Å². The van der Waals surface area contributed by atoms with Crippen LogP contribution in [-0.2, 0) is 0 Å². The van der Waals surface area contributed by atoms with Crippen molar-refractivity contribution in [2.24, 2.45) is 0 Å². The van der Waals surface area contributed by atoms with Gasteiger partial charge in [-0.05, 0) is 43.2 Å². The first-order valence-electron chi connectivity index (χ1n) is 6.35. The number of aromatic nitrogens is 1. The Balaban J connectivity index is 2.66. The monoisotopic (exact) mass is 273 g/mol. The molecule has 0 bridgehead atoms. The molecule has 1 heterocycles. The number of pyridine rings is 1. The number of benzene rings is 1. The third-order valence-electron chi connectivity index (χ3n) is 3.41. The van der Waals surface area contributed by atoms with Crippen molar-refractivity contribution in [2.75, 3.05) is 21.3 Å². The van der Waals surface area contributed by atoms with Gasteiger partial charge in [-0.1, -0.05) is 0 Å². The second-order valence-corrected chi connectivity index (χ2v) is 4.52. The molecule has 0 saturated heterocycles. The van der Waals surface area contributed by atoms with Crippen LogP contribution in [0.4, 0.5) is 0 Å². The van der Waals surface area contributed by atoms with Crippen LogP contribution in [-0.4, -0.2) is 26.3 Å². The Morgan fingerprint density at radius 1 is 0.900 bits per heavy atom. The van der Waals surface area contributed by atoms with Crippen LogP contribution in [0.2, 0.25) is 0 Å². The third-order valence-corrected chi connectivity index (χ3v) is 3.41. The van der Waals surface area contributed by atoms with Crippen LogP contribution in [0.5, 0.6) is 17.2 Å². The molecule has 0 N–H and O–H groups in total. The molecule has 4 nitrogen and oxygen atoms in total. The van der Waals surface area contributed by atoms with E-state index in [2.05, 4.69) is 18.8 Å². The molecule has 0 aliphatic heterocycles. The average Bonchev–Trinajstić information content (AvgIpc) is 2.48. The molecule has 0 aliphatic rings. The van der Waals surface area contributed by atoms with E-state index in [1.165, 1.54) is 5.56 Å². The van der Waals surface area contributed by atoms with Gasteiger partial charge in [0.15, 0.2) is 11.5 Å². The molecule has 4 heteroatoms. The zero-order chi connectivity index (χ0) is 14.7. The lowest BCUT2D eigenvalue weighted by Gasteiger charge is -2.15. The van der Waals surface area contributed by atoms with Crippen LogP contribution in [0.25, 0.3) is 11.3 Å². The number of ether oxygens (including phenoxy) is 3. The molecule has 0 aliphatic carbocycles. The number of hydrogen-bond acceptors (Lipinski definition) is 4. The Bertz CT molecular complexity index is 598. The van der Waals surface area contributed by atoms with E-state index in [9.17, 15) is 0 Å². The normalized spacial score (nSPS) is 10.2. The van der Waals surface area contributed by atoms with Crippen LogP contribution in [0.3, 0.4) is 0 Å². The first-order valence-corrected chi connectivity index (χ1v) is 6.35. The molecule has 0 atom stereocenters. The third kappa shape index (κ3) is 2.41. The first-order chi connectivity index (χ1) is 9.62. The highest BCUT2D eigenvalue weighted by atomic mass is 16.5. The average molecular weight is 273 g/mol. The predicted octanol–water partition coefficient (Wildman–Crippen LogP) is 3.39.